The van der Waals surface area contributed by atoms with Crippen molar-refractivity contribution < 1.29 is 14.7 Å². The van der Waals surface area contributed by atoms with E-state index in [1.165, 1.54) is 11.8 Å². The van der Waals surface area contributed by atoms with E-state index in [1.807, 2.05) is 39.0 Å². The van der Waals surface area contributed by atoms with Gasteiger partial charge < -0.3 is 10.4 Å². The number of thioether (sulfide) groups is 1. The van der Waals surface area contributed by atoms with Crippen LogP contribution in [0, 0.1) is 13.8 Å². The lowest BCUT2D eigenvalue weighted by Gasteiger charge is -2.14. The number of aliphatic carboxylic acids is 1. The van der Waals surface area contributed by atoms with E-state index in [9.17, 15) is 9.59 Å². The van der Waals surface area contributed by atoms with Crippen LogP contribution < -0.4 is 5.32 Å². The molecular formula is C16H23NO3S. The first kappa shape index (κ1) is 17.6. The van der Waals surface area contributed by atoms with Gasteiger partial charge in [0, 0.05) is 4.90 Å². The molecule has 0 radical (unpaired) electrons. The lowest BCUT2D eigenvalue weighted by Crippen LogP contribution is -2.41. The van der Waals surface area contributed by atoms with Crippen molar-refractivity contribution >= 4 is 23.6 Å². The van der Waals surface area contributed by atoms with Crippen LogP contribution in [0.4, 0.5) is 0 Å². The van der Waals surface area contributed by atoms with E-state index in [1.54, 1.807) is 0 Å². The number of carboxylic acid groups (broad SMARTS) is 1. The number of nitrogens with one attached hydrogen (secondary N) is 1. The number of aryl methyl sites for hydroxylation is 2. The molecule has 1 amide bonds. The fourth-order valence-corrected chi connectivity index (χ4v) is 2.84. The van der Waals surface area contributed by atoms with Gasteiger partial charge in [-0.25, -0.2) is 4.79 Å². The smallest absolute Gasteiger partial charge is 0.326 e. The van der Waals surface area contributed by atoms with Gasteiger partial charge in [0.25, 0.3) is 0 Å². The summed E-state index contributed by atoms with van der Waals surface area (Å²) in [5, 5.41) is 11.7. The number of benzene rings is 1. The van der Waals surface area contributed by atoms with Gasteiger partial charge in [-0.1, -0.05) is 37.5 Å². The molecule has 0 spiro atoms. The highest BCUT2D eigenvalue weighted by atomic mass is 32.2. The summed E-state index contributed by atoms with van der Waals surface area (Å²) < 4.78 is 0. The number of hydrogen-bond donors (Lipinski definition) is 2. The summed E-state index contributed by atoms with van der Waals surface area (Å²) >= 11 is 1.44. The van der Waals surface area contributed by atoms with Gasteiger partial charge in [0.1, 0.15) is 6.04 Å². The molecule has 1 rings (SSSR count). The van der Waals surface area contributed by atoms with Gasteiger partial charge in [-0.2, -0.15) is 0 Å². The zero-order valence-electron chi connectivity index (χ0n) is 12.8. The predicted molar refractivity (Wildman–Crippen MR) is 85.7 cm³/mol. The van der Waals surface area contributed by atoms with E-state index in [4.69, 9.17) is 5.11 Å². The quantitative estimate of drug-likeness (QED) is 0.724. The number of hydrogen-bond acceptors (Lipinski definition) is 3. The minimum Gasteiger partial charge on any atom is -0.480 e. The van der Waals surface area contributed by atoms with Crippen molar-refractivity contribution in [2.24, 2.45) is 0 Å². The minimum absolute atomic E-state index is 0.232. The first-order chi connectivity index (χ1) is 9.93. The van der Waals surface area contributed by atoms with Crippen molar-refractivity contribution in [3.8, 4) is 0 Å². The van der Waals surface area contributed by atoms with Gasteiger partial charge >= 0.3 is 5.97 Å². The monoisotopic (exact) mass is 309 g/mol. The van der Waals surface area contributed by atoms with E-state index < -0.39 is 12.0 Å². The Hall–Kier alpha value is -1.49. The van der Waals surface area contributed by atoms with Crippen molar-refractivity contribution in [1.82, 2.24) is 5.32 Å². The summed E-state index contributed by atoms with van der Waals surface area (Å²) in [5.74, 6) is -0.960. The van der Waals surface area contributed by atoms with Crippen molar-refractivity contribution in [3.05, 3.63) is 29.3 Å². The zero-order chi connectivity index (χ0) is 15.8. The van der Waals surface area contributed by atoms with E-state index in [0.29, 0.717) is 6.42 Å². The van der Waals surface area contributed by atoms with E-state index in [2.05, 4.69) is 5.32 Å². The molecule has 0 saturated carbocycles. The van der Waals surface area contributed by atoms with E-state index in [0.717, 1.165) is 28.9 Å². The normalized spacial score (nSPS) is 12.0. The van der Waals surface area contributed by atoms with Crippen LogP contribution in [-0.2, 0) is 9.59 Å². The largest absolute Gasteiger partial charge is 0.480 e. The number of carbonyl (C=O) groups is 2. The Balaban J connectivity index is 2.52. The maximum Gasteiger partial charge on any atom is 0.326 e. The second-order valence-electron chi connectivity index (χ2n) is 5.16. The molecule has 5 heteroatoms. The Bertz CT molecular complexity index is 502. The Morgan fingerprint density at radius 1 is 1.33 bits per heavy atom. The molecule has 21 heavy (non-hydrogen) atoms. The van der Waals surface area contributed by atoms with Gasteiger partial charge in [-0.15, -0.1) is 11.8 Å². The van der Waals surface area contributed by atoms with Crippen LogP contribution in [0.15, 0.2) is 23.1 Å². The molecule has 2 N–H and O–H groups in total. The van der Waals surface area contributed by atoms with Crippen LogP contribution in [0.2, 0.25) is 0 Å². The summed E-state index contributed by atoms with van der Waals surface area (Å²) in [7, 11) is 0. The van der Waals surface area contributed by atoms with Gasteiger partial charge in [-0.05, 0) is 31.9 Å². The SMILES string of the molecule is CCCC[C@H](NC(=O)CSc1cc(C)ccc1C)C(=O)O. The second-order valence-corrected chi connectivity index (χ2v) is 6.18. The molecular weight excluding hydrogens is 286 g/mol. The highest BCUT2D eigenvalue weighted by molar-refractivity contribution is 8.00. The molecule has 0 aromatic heterocycles. The van der Waals surface area contributed by atoms with Gasteiger partial charge in [0.05, 0.1) is 5.75 Å². The molecule has 0 fully saturated rings. The van der Waals surface area contributed by atoms with Crippen LogP contribution in [0.1, 0.15) is 37.3 Å². The summed E-state index contributed by atoms with van der Waals surface area (Å²) in [5.41, 5.74) is 2.27. The molecule has 0 unspecified atom stereocenters. The van der Waals surface area contributed by atoms with Crippen molar-refractivity contribution in [3.63, 3.8) is 0 Å². The average Bonchev–Trinajstić information content (AvgIpc) is 2.44. The van der Waals surface area contributed by atoms with E-state index in [-0.39, 0.29) is 11.7 Å². The third-order valence-electron chi connectivity index (χ3n) is 3.18. The number of carboxylic acids is 1. The summed E-state index contributed by atoms with van der Waals surface area (Å²) in [6.45, 7) is 6.01. The molecule has 1 aromatic carbocycles. The molecule has 0 aliphatic heterocycles. The Kier molecular flexibility index (Phi) is 7.29. The molecule has 1 atom stereocenters. The average molecular weight is 309 g/mol. The summed E-state index contributed by atoms with van der Waals surface area (Å²) in [6, 6.07) is 5.32. The standard InChI is InChI=1S/C16H23NO3S/c1-4-5-6-13(16(19)20)17-15(18)10-21-14-9-11(2)7-8-12(14)3/h7-9,13H,4-6,10H2,1-3H3,(H,17,18)(H,19,20)/t13-/m0/s1. The molecule has 0 bridgehead atoms. The Morgan fingerprint density at radius 2 is 2.05 bits per heavy atom. The molecule has 1 aromatic rings. The number of carbonyl (C=O) groups excluding carboxylic acids is 1. The molecule has 0 aliphatic carbocycles. The number of amides is 1. The van der Waals surface area contributed by atoms with Crippen LogP contribution in [0.25, 0.3) is 0 Å². The fraction of sp³-hybridized carbons (Fsp3) is 0.500. The highest BCUT2D eigenvalue weighted by Crippen LogP contribution is 2.23. The second kappa shape index (κ2) is 8.72. The summed E-state index contributed by atoms with van der Waals surface area (Å²) in [4.78, 5) is 24.0. The lowest BCUT2D eigenvalue weighted by atomic mass is 10.1. The lowest BCUT2D eigenvalue weighted by molar-refractivity contribution is -0.141. The number of unbranched alkanes of at least 4 members (excludes halogenated alkanes) is 1. The van der Waals surface area contributed by atoms with Crippen LogP contribution in [0.5, 0.6) is 0 Å². The highest BCUT2D eigenvalue weighted by Gasteiger charge is 2.19. The third kappa shape index (κ3) is 6.21. The van der Waals surface area contributed by atoms with Crippen molar-refractivity contribution in [1.29, 1.82) is 0 Å². The fourth-order valence-electron chi connectivity index (χ4n) is 1.91. The molecule has 116 valence electrons. The molecule has 0 heterocycles. The van der Waals surface area contributed by atoms with Gasteiger partial charge in [-0.3, -0.25) is 4.79 Å². The molecule has 0 aliphatic rings. The molecule has 0 saturated heterocycles. The Labute approximate surface area is 130 Å². The maximum absolute atomic E-state index is 11.9. The van der Waals surface area contributed by atoms with Crippen molar-refractivity contribution in [2.45, 2.75) is 51.0 Å². The summed E-state index contributed by atoms with van der Waals surface area (Å²) in [6.07, 6.45) is 2.18. The van der Waals surface area contributed by atoms with Crippen LogP contribution in [-0.4, -0.2) is 28.8 Å². The topological polar surface area (TPSA) is 66.4 Å². The van der Waals surface area contributed by atoms with Crippen LogP contribution in [0.3, 0.4) is 0 Å². The third-order valence-corrected chi connectivity index (χ3v) is 4.34. The first-order valence-electron chi connectivity index (χ1n) is 7.16. The van der Waals surface area contributed by atoms with Crippen LogP contribution >= 0.6 is 11.8 Å². The zero-order valence-corrected chi connectivity index (χ0v) is 13.6. The maximum atomic E-state index is 11.9. The minimum atomic E-state index is -0.964. The predicted octanol–water partition coefficient (Wildman–Crippen LogP) is 3.16. The number of rotatable bonds is 8. The van der Waals surface area contributed by atoms with Gasteiger partial charge in [0.15, 0.2) is 0 Å². The Morgan fingerprint density at radius 3 is 2.67 bits per heavy atom. The first-order valence-corrected chi connectivity index (χ1v) is 8.14. The van der Waals surface area contributed by atoms with Gasteiger partial charge in [0.2, 0.25) is 5.91 Å². The van der Waals surface area contributed by atoms with Crippen molar-refractivity contribution in [2.75, 3.05) is 5.75 Å². The molecule has 4 nitrogen and oxygen atoms in total. The van der Waals surface area contributed by atoms with E-state index >= 15 is 0 Å².